The summed E-state index contributed by atoms with van der Waals surface area (Å²) in [6.45, 7) is 7.61. The minimum Gasteiger partial charge on any atom is -0.353 e. The Morgan fingerprint density at radius 3 is 2.70 bits per heavy atom. The van der Waals surface area contributed by atoms with Crippen molar-refractivity contribution in [1.82, 2.24) is 20.4 Å². The fourth-order valence-corrected chi connectivity index (χ4v) is 2.13. The lowest BCUT2D eigenvalue weighted by Gasteiger charge is -2.19. The van der Waals surface area contributed by atoms with Gasteiger partial charge in [0.05, 0.1) is 0 Å². The average Bonchev–Trinajstić information content (AvgIpc) is 2.97. The molecule has 2 N–H and O–H groups in total. The second-order valence-corrected chi connectivity index (χ2v) is 5.45. The van der Waals surface area contributed by atoms with Crippen LogP contribution in [0, 0.1) is 0 Å². The van der Waals surface area contributed by atoms with Gasteiger partial charge in [-0.15, -0.1) is 30.6 Å². The van der Waals surface area contributed by atoms with Crippen LogP contribution in [0.3, 0.4) is 0 Å². The van der Waals surface area contributed by atoms with Crippen molar-refractivity contribution < 1.29 is 9.59 Å². The molecule has 7 nitrogen and oxygen atoms in total. The normalized spacial score (nSPS) is 17.3. The molecule has 1 heterocycles. The van der Waals surface area contributed by atoms with Gasteiger partial charge in [-0.25, -0.2) is 4.99 Å². The predicted molar refractivity (Wildman–Crippen MR) is 103 cm³/mol. The molecule has 0 aromatic carbocycles. The monoisotopic (exact) mass is 437 g/mol. The number of halogens is 1. The number of carbonyl (C=O) groups excluding carboxylic acids is 2. The summed E-state index contributed by atoms with van der Waals surface area (Å²) in [5, 5.41) is 6.38. The molecule has 23 heavy (non-hydrogen) atoms. The van der Waals surface area contributed by atoms with E-state index >= 15 is 0 Å². The van der Waals surface area contributed by atoms with Gasteiger partial charge in [-0.3, -0.25) is 9.59 Å². The highest BCUT2D eigenvalue weighted by Gasteiger charge is 2.25. The van der Waals surface area contributed by atoms with Gasteiger partial charge in [-0.05, 0) is 6.42 Å². The first-order valence-corrected chi connectivity index (χ1v) is 7.61. The molecule has 0 spiro atoms. The largest absolute Gasteiger partial charge is 0.353 e. The van der Waals surface area contributed by atoms with Crippen molar-refractivity contribution in [2.45, 2.75) is 25.8 Å². The van der Waals surface area contributed by atoms with Crippen molar-refractivity contribution in [3.63, 3.8) is 0 Å². The summed E-state index contributed by atoms with van der Waals surface area (Å²) in [4.78, 5) is 31.0. The Morgan fingerprint density at radius 1 is 1.43 bits per heavy atom. The number of guanidine groups is 1. The number of nitrogens with one attached hydrogen (secondary N) is 2. The van der Waals surface area contributed by atoms with Crippen molar-refractivity contribution in [3.8, 4) is 0 Å². The number of amides is 2. The van der Waals surface area contributed by atoms with Crippen LogP contribution in [0.1, 0.15) is 19.8 Å². The van der Waals surface area contributed by atoms with Crippen LogP contribution in [0.25, 0.3) is 0 Å². The van der Waals surface area contributed by atoms with E-state index in [0.29, 0.717) is 25.5 Å². The third-order valence-corrected chi connectivity index (χ3v) is 3.47. The van der Waals surface area contributed by atoms with Crippen LogP contribution in [0.15, 0.2) is 17.6 Å². The summed E-state index contributed by atoms with van der Waals surface area (Å²) >= 11 is 0. The highest BCUT2D eigenvalue weighted by Crippen LogP contribution is 2.10. The van der Waals surface area contributed by atoms with Crippen molar-refractivity contribution in [2.75, 3.05) is 40.3 Å². The van der Waals surface area contributed by atoms with Gasteiger partial charge < -0.3 is 20.4 Å². The molecule has 1 aliphatic rings. The fourth-order valence-electron chi connectivity index (χ4n) is 2.13. The zero-order chi connectivity index (χ0) is 16.5. The summed E-state index contributed by atoms with van der Waals surface area (Å²) in [7, 11) is 3.40. The molecular weight excluding hydrogens is 409 g/mol. The Balaban J connectivity index is 0.00000484. The highest BCUT2D eigenvalue weighted by atomic mass is 127. The standard InChI is InChI=1S/C15H27N5O2.HI/c1-5-8-16-15(17-10-14(22)19(3)4)18-12-7-9-20(11-12)13(21)6-2;/h5,12H,1,6-11H2,2-4H3,(H2,16,17,18);1H. The second-order valence-electron chi connectivity index (χ2n) is 5.45. The first kappa shape index (κ1) is 21.7. The molecule has 1 atom stereocenters. The number of likely N-dealkylation sites (tertiary alicyclic amines) is 1. The zero-order valence-corrected chi connectivity index (χ0v) is 16.5. The van der Waals surface area contributed by atoms with Crippen molar-refractivity contribution >= 4 is 41.8 Å². The lowest BCUT2D eigenvalue weighted by molar-refractivity contribution is -0.130. The van der Waals surface area contributed by atoms with Crippen LogP contribution in [-0.2, 0) is 9.59 Å². The van der Waals surface area contributed by atoms with Crippen LogP contribution in [0.4, 0.5) is 0 Å². The summed E-state index contributed by atoms with van der Waals surface area (Å²) in [6, 6.07) is 0.154. The SMILES string of the molecule is C=CCNC(=NCC(=O)N(C)C)NC1CCN(C(=O)CC)C1.I. The Bertz CT molecular complexity index is 440. The van der Waals surface area contributed by atoms with Gasteiger partial charge in [0.2, 0.25) is 11.8 Å². The first-order chi connectivity index (χ1) is 10.5. The third kappa shape index (κ3) is 7.67. The Labute approximate surface area is 155 Å². The molecule has 1 saturated heterocycles. The molecule has 0 radical (unpaired) electrons. The quantitative estimate of drug-likeness (QED) is 0.274. The van der Waals surface area contributed by atoms with E-state index in [4.69, 9.17) is 0 Å². The molecule has 1 rings (SSSR count). The molecule has 1 unspecified atom stereocenters. The minimum atomic E-state index is -0.0612. The Kier molecular flexibility index (Phi) is 10.6. The topological polar surface area (TPSA) is 77.0 Å². The molecule has 8 heteroatoms. The van der Waals surface area contributed by atoms with Crippen molar-refractivity contribution in [1.29, 1.82) is 0 Å². The summed E-state index contributed by atoms with van der Waals surface area (Å²) < 4.78 is 0. The van der Waals surface area contributed by atoms with E-state index in [1.807, 2.05) is 11.8 Å². The van der Waals surface area contributed by atoms with E-state index in [1.54, 1.807) is 20.2 Å². The number of nitrogens with zero attached hydrogens (tertiary/aromatic N) is 3. The van der Waals surface area contributed by atoms with Gasteiger partial charge >= 0.3 is 0 Å². The summed E-state index contributed by atoms with van der Waals surface area (Å²) in [6.07, 6.45) is 3.13. The maximum Gasteiger partial charge on any atom is 0.243 e. The van der Waals surface area contributed by atoms with Crippen LogP contribution in [0.2, 0.25) is 0 Å². The van der Waals surface area contributed by atoms with E-state index in [9.17, 15) is 9.59 Å². The van der Waals surface area contributed by atoms with E-state index in [-0.39, 0.29) is 48.4 Å². The lowest BCUT2D eigenvalue weighted by Crippen LogP contribution is -2.45. The Morgan fingerprint density at radius 2 is 2.13 bits per heavy atom. The summed E-state index contributed by atoms with van der Waals surface area (Å²) in [5.41, 5.74) is 0. The predicted octanol–water partition coefficient (Wildman–Crippen LogP) is 0.425. The number of carbonyl (C=O) groups is 2. The zero-order valence-electron chi connectivity index (χ0n) is 14.2. The summed E-state index contributed by atoms with van der Waals surface area (Å²) in [5.74, 6) is 0.685. The molecular formula is C15H28IN5O2. The molecule has 132 valence electrons. The number of rotatable bonds is 6. The number of aliphatic imine (C=N–C) groups is 1. The molecule has 0 aromatic rings. The van der Waals surface area contributed by atoms with Crippen molar-refractivity contribution in [3.05, 3.63) is 12.7 Å². The van der Waals surface area contributed by atoms with E-state index in [1.165, 1.54) is 4.90 Å². The van der Waals surface area contributed by atoms with E-state index in [0.717, 1.165) is 13.0 Å². The highest BCUT2D eigenvalue weighted by molar-refractivity contribution is 14.0. The van der Waals surface area contributed by atoms with Gasteiger partial charge in [-0.1, -0.05) is 13.0 Å². The van der Waals surface area contributed by atoms with E-state index in [2.05, 4.69) is 22.2 Å². The molecule has 1 fully saturated rings. The average molecular weight is 437 g/mol. The number of hydrogen-bond acceptors (Lipinski definition) is 3. The minimum absolute atomic E-state index is 0. The maximum absolute atomic E-state index is 11.7. The number of hydrogen-bond donors (Lipinski definition) is 2. The molecule has 2 amide bonds. The van der Waals surface area contributed by atoms with Gasteiger partial charge in [0, 0.05) is 46.2 Å². The Hall–Kier alpha value is -1.32. The van der Waals surface area contributed by atoms with Gasteiger partial charge in [0.25, 0.3) is 0 Å². The first-order valence-electron chi connectivity index (χ1n) is 7.61. The fraction of sp³-hybridized carbons (Fsp3) is 0.667. The number of likely N-dealkylation sites (N-methyl/N-ethyl adjacent to an activating group) is 1. The van der Waals surface area contributed by atoms with Crippen LogP contribution in [-0.4, -0.2) is 73.9 Å². The third-order valence-electron chi connectivity index (χ3n) is 3.47. The molecule has 0 bridgehead atoms. The van der Waals surface area contributed by atoms with Crippen LogP contribution < -0.4 is 10.6 Å². The molecule has 1 aliphatic heterocycles. The van der Waals surface area contributed by atoms with Gasteiger partial charge in [0.15, 0.2) is 5.96 Å². The smallest absolute Gasteiger partial charge is 0.243 e. The molecule has 0 aliphatic carbocycles. The van der Waals surface area contributed by atoms with Crippen molar-refractivity contribution in [2.24, 2.45) is 4.99 Å². The van der Waals surface area contributed by atoms with Gasteiger partial charge in [0.1, 0.15) is 6.54 Å². The van der Waals surface area contributed by atoms with Crippen LogP contribution in [0.5, 0.6) is 0 Å². The van der Waals surface area contributed by atoms with Gasteiger partial charge in [-0.2, -0.15) is 0 Å². The van der Waals surface area contributed by atoms with Crippen LogP contribution >= 0.6 is 24.0 Å². The lowest BCUT2D eigenvalue weighted by atomic mass is 10.3. The second kappa shape index (κ2) is 11.3. The molecule has 0 aromatic heterocycles. The maximum atomic E-state index is 11.7. The molecule has 0 saturated carbocycles. The van der Waals surface area contributed by atoms with E-state index < -0.39 is 0 Å².